The molecule has 2 rings (SSSR count). The second-order valence-corrected chi connectivity index (χ2v) is 6.74. The second kappa shape index (κ2) is 5.99. The van der Waals surface area contributed by atoms with Gasteiger partial charge in [0.15, 0.2) is 0 Å². The molecule has 0 aliphatic heterocycles. The van der Waals surface area contributed by atoms with E-state index in [4.69, 9.17) is 4.74 Å². The van der Waals surface area contributed by atoms with Gasteiger partial charge < -0.3 is 9.84 Å². The standard InChI is InChI=1S/C17H23NO4/c1-16(2,3)22-15(21)18(12-13-8-5-4-6-9-13)17(14(19)20)10-7-11-17/h4-6,8-9H,7,10-12H2,1-3H3,(H,19,20). The quantitative estimate of drug-likeness (QED) is 0.925. The van der Waals surface area contributed by atoms with Crippen molar-refractivity contribution in [2.24, 2.45) is 0 Å². The third-order valence-corrected chi connectivity index (χ3v) is 3.89. The van der Waals surface area contributed by atoms with Gasteiger partial charge in [0, 0.05) is 0 Å². The Balaban J connectivity index is 2.28. The zero-order chi connectivity index (χ0) is 16.4. The Labute approximate surface area is 130 Å². The lowest BCUT2D eigenvalue weighted by molar-refractivity contribution is -0.158. The van der Waals surface area contributed by atoms with E-state index in [0.29, 0.717) is 12.8 Å². The van der Waals surface area contributed by atoms with Gasteiger partial charge in [0.2, 0.25) is 0 Å². The molecule has 5 heteroatoms. The van der Waals surface area contributed by atoms with Crippen LogP contribution in [0, 0.1) is 0 Å². The van der Waals surface area contributed by atoms with E-state index < -0.39 is 23.2 Å². The molecule has 0 bridgehead atoms. The number of carbonyl (C=O) groups excluding carboxylic acids is 1. The number of benzene rings is 1. The molecular weight excluding hydrogens is 282 g/mol. The van der Waals surface area contributed by atoms with Gasteiger partial charge in [-0.3, -0.25) is 4.90 Å². The van der Waals surface area contributed by atoms with Crippen molar-refractivity contribution in [1.29, 1.82) is 0 Å². The number of carboxylic acids is 1. The van der Waals surface area contributed by atoms with E-state index in [1.165, 1.54) is 4.90 Å². The third kappa shape index (κ3) is 3.40. The molecule has 0 saturated heterocycles. The summed E-state index contributed by atoms with van der Waals surface area (Å²) in [4.78, 5) is 25.7. The number of ether oxygens (including phenoxy) is 1. The van der Waals surface area contributed by atoms with Crippen LogP contribution in [0.1, 0.15) is 45.6 Å². The lowest BCUT2D eigenvalue weighted by Gasteiger charge is -2.46. The first-order valence-electron chi connectivity index (χ1n) is 7.52. The maximum absolute atomic E-state index is 12.5. The first-order valence-corrected chi connectivity index (χ1v) is 7.52. The number of aliphatic carboxylic acids is 1. The molecular formula is C17H23NO4. The van der Waals surface area contributed by atoms with Crippen LogP contribution < -0.4 is 0 Å². The molecule has 0 atom stereocenters. The maximum Gasteiger partial charge on any atom is 0.411 e. The maximum atomic E-state index is 12.5. The van der Waals surface area contributed by atoms with Crippen LogP contribution in [-0.2, 0) is 16.1 Å². The van der Waals surface area contributed by atoms with Crippen LogP contribution in [0.2, 0.25) is 0 Å². The summed E-state index contributed by atoms with van der Waals surface area (Å²) in [7, 11) is 0. The first-order chi connectivity index (χ1) is 10.2. The molecule has 1 aliphatic rings. The second-order valence-electron chi connectivity index (χ2n) is 6.74. The van der Waals surface area contributed by atoms with Crippen molar-refractivity contribution in [3.05, 3.63) is 35.9 Å². The van der Waals surface area contributed by atoms with Gasteiger partial charge in [-0.1, -0.05) is 30.3 Å². The van der Waals surface area contributed by atoms with E-state index in [2.05, 4.69) is 0 Å². The fourth-order valence-electron chi connectivity index (χ4n) is 2.58. The fourth-order valence-corrected chi connectivity index (χ4v) is 2.58. The van der Waals surface area contributed by atoms with Gasteiger partial charge in [0.1, 0.15) is 11.1 Å². The average Bonchev–Trinajstić information content (AvgIpc) is 2.35. The molecule has 1 amide bonds. The van der Waals surface area contributed by atoms with Gasteiger partial charge in [-0.2, -0.15) is 0 Å². The van der Waals surface area contributed by atoms with Crippen molar-refractivity contribution >= 4 is 12.1 Å². The van der Waals surface area contributed by atoms with Crippen LogP contribution in [0.4, 0.5) is 4.79 Å². The van der Waals surface area contributed by atoms with E-state index in [1.807, 2.05) is 30.3 Å². The van der Waals surface area contributed by atoms with Crippen LogP contribution >= 0.6 is 0 Å². The van der Waals surface area contributed by atoms with Crippen LogP contribution in [0.15, 0.2) is 30.3 Å². The molecule has 0 aromatic heterocycles. The lowest BCUT2D eigenvalue weighted by atomic mass is 9.75. The SMILES string of the molecule is CC(C)(C)OC(=O)N(Cc1ccccc1)C1(C(=O)O)CCC1. The highest BCUT2D eigenvalue weighted by Gasteiger charge is 2.52. The zero-order valence-corrected chi connectivity index (χ0v) is 13.3. The molecule has 1 fully saturated rings. The van der Waals surface area contributed by atoms with Gasteiger partial charge in [-0.05, 0) is 45.6 Å². The van der Waals surface area contributed by atoms with E-state index in [0.717, 1.165) is 12.0 Å². The number of carbonyl (C=O) groups is 2. The van der Waals surface area contributed by atoms with Gasteiger partial charge >= 0.3 is 12.1 Å². The van der Waals surface area contributed by atoms with Crippen molar-refractivity contribution in [1.82, 2.24) is 4.90 Å². The van der Waals surface area contributed by atoms with Crippen LogP contribution in [0.3, 0.4) is 0 Å². The Hall–Kier alpha value is -2.04. The molecule has 22 heavy (non-hydrogen) atoms. The smallest absolute Gasteiger partial charge is 0.411 e. The van der Waals surface area contributed by atoms with Crippen LogP contribution in [0.5, 0.6) is 0 Å². The molecule has 1 aliphatic carbocycles. The summed E-state index contributed by atoms with van der Waals surface area (Å²) in [6.45, 7) is 5.57. The Morgan fingerprint density at radius 2 is 1.82 bits per heavy atom. The van der Waals surface area contributed by atoms with Gasteiger partial charge in [0.05, 0.1) is 6.54 Å². The van der Waals surface area contributed by atoms with Gasteiger partial charge in [0.25, 0.3) is 0 Å². The molecule has 1 aromatic carbocycles. The van der Waals surface area contributed by atoms with E-state index in [9.17, 15) is 14.7 Å². The normalized spacial score (nSPS) is 16.5. The zero-order valence-electron chi connectivity index (χ0n) is 13.3. The summed E-state index contributed by atoms with van der Waals surface area (Å²) in [5.41, 5.74) is -0.908. The molecule has 0 spiro atoms. The highest BCUT2D eigenvalue weighted by molar-refractivity contribution is 5.85. The van der Waals surface area contributed by atoms with Crippen molar-refractivity contribution in [2.75, 3.05) is 0 Å². The predicted molar refractivity (Wildman–Crippen MR) is 82.4 cm³/mol. The van der Waals surface area contributed by atoms with E-state index in [1.54, 1.807) is 20.8 Å². The van der Waals surface area contributed by atoms with E-state index >= 15 is 0 Å². The van der Waals surface area contributed by atoms with Crippen LogP contribution in [-0.4, -0.2) is 33.2 Å². The molecule has 1 aromatic rings. The minimum Gasteiger partial charge on any atom is -0.479 e. The largest absolute Gasteiger partial charge is 0.479 e. The Bertz CT molecular complexity index is 544. The molecule has 1 N–H and O–H groups in total. The fraction of sp³-hybridized carbons (Fsp3) is 0.529. The Morgan fingerprint density at radius 1 is 1.23 bits per heavy atom. The summed E-state index contributed by atoms with van der Waals surface area (Å²) in [5, 5.41) is 9.63. The number of nitrogens with zero attached hydrogens (tertiary/aromatic N) is 1. The molecule has 0 radical (unpaired) electrons. The van der Waals surface area contributed by atoms with Gasteiger partial charge in [-0.25, -0.2) is 9.59 Å². The summed E-state index contributed by atoms with van der Waals surface area (Å²) in [6, 6.07) is 9.39. The number of hydrogen-bond acceptors (Lipinski definition) is 3. The van der Waals surface area contributed by atoms with Crippen molar-refractivity contribution < 1.29 is 19.4 Å². The molecule has 0 unspecified atom stereocenters. The number of carboxylic acid groups (broad SMARTS) is 1. The summed E-state index contributed by atoms with van der Waals surface area (Å²) in [5.74, 6) is -0.958. The Kier molecular flexibility index (Phi) is 4.44. The van der Waals surface area contributed by atoms with Gasteiger partial charge in [-0.15, -0.1) is 0 Å². The number of rotatable bonds is 4. The number of hydrogen-bond donors (Lipinski definition) is 1. The molecule has 120 valence electrons. The predicted octanol–water partition coefficient (Wildman–Crippen LogP) is 3.43. The van der Waals surface area contributed by atoms with E-state index in [-0.39, 0.29) is 6.54 Å². The lowest BCUT2D eigenvalue weighted by Crippen LogP contribution is -2.61. The molecule has 5 nitrogen and oxygen atoms in total. The minimum absolute atomic E-state index is 0.238. The Morgan fingerprint density at radius 3 is 2.23 bits per heavy atom. The summed E-state index contributed by atoms with van der Waals surface area (Å²) in [6.07, 6.45) is 1.17. The summed E-state index contributed by atoms with van der Waals surface area (Å²) >= 11 is 0. The average molecular weight is 305 g/mol. The first kappa shape index (κ1) is 16.3. The topological polar surface area (TPSA) is 66.8 Å². The molecule has 0 heterocycles. The van der Waals surface area contributed by atoms with Crippen LogP contribution in [0.25, 0.3) is 0 Å². The van der Waals surface area contributed by atoms with Crippen molar-refractivity contribution in [2.45, 2.75) is 57.7 Å². The monoisotopic (exact) mass is 305 g/mol. The molecule has 1 saturated carbocycles. The highest BCUT2D eigenvalue weighted by atomic mass is 16.6. The minimum atomic E-state index is -1.14. The third-order valence-electron chi connectivity index (χ3n) is 3.89. The van der Waals surface area contributed by atoms with Crippen molar-refractivity contribution in [3.8, 4) is 0 Å². The van der Waals surface area contributed by atoms with Crippen molar-refractivity contribution in [3.63, 3.8) is 0 Å². The number of amides is 1. The summed E-state index contributed by atoms with van der Waals surface area (Å²) < 4.78 is 5.43. The highest BCUT2D eigenvalue weighted by Crippen LogP contribution is 2.39.